The molecule has 2 aromatic rings. The number of carboxylic acids is 1. The van der Waals surface area contributed by atoms with Gasteiger partial charge in [-0.1, -0.05) is 47.5 Å². The highest BCUT2D eigenvalue weighted by Gasteiger charge is 2.16. The Labute approximate surface area is 174 Å². The lowest BCUT2D eigenvalue weighted by Crippen LogP contribution is -2.28. The molecule has 28 heavy (non-hydrogen) atoms. The molecule has 152 valence electrons. The van der Waals surface area contributed by atoms with Crippen molar-refractivity contribution in [3.63, 3.8) is 0 Å². The largest absolute Gasteiger partial charge is 0.480 e. The van der Waals surface area contributed by atoms with Gasteiger partial charge in [-0.3, -0.25) is 4.79 Å². The van der Waals surface area contributed by atoms with Gasteiger partial charge < -0.3 is 20.9 Å². The second-order valence-corrected chi connectivity index (χ2v) is 6.92. The summed E-state index contributed by atoms with van der Waals surface area (Å²) in [7, 11) is 0. The van der Waals surface area contributed by atoms with Crippen molar-refractivity contribution in [1.29, 1.82) is 0 Å². The summed E-state index contributed by atoms with van der Waals surface area (Å²) in [5, 5.41) is 11.8. The van der Waals surface area contributed by atoms with E-state index in [1.807, 2.05) is 32.0 Å². The van der Waals surface area contributed by atoms with Crippen LogP contribution < -0.4 is 11.1 Å². The zero-order valence-corrected chi connectivity index (χ0v) is 17.5. The number of anilines is 1. The second kappa shape index (κ2) is 11.5. The molecule has 4 N–H and O–H groups in total. The molecule has 0 aliphatic rings. The first kappa shape index (κ1) is 23.8. The molecule has 0 radical (unpaired) electrons. The minimum atomic E-state index is -0.968. The number of nitrogens with one attached hydrogen (secondary N) is 1. The van der Waals surface area contributed by atoms with E-state index in [0.717, 1.165) is 22.4 Å². The monoisotopic (exact) mass is 426 g/mol. The van der Waals surface area contributed by atoms with E-state index < -0.39 is 12.0 Å². The minimum Gasteiger partial charge on any atom is -0.480 e. The van der Waals surface area contributed by atoms with Gasteiger partial charge in [-0.05, 0) is 44.0 Å². The number of nitrogens with two attached hydrogens (primary N) is 1. The van der Waals surface area contributed by atoms with E-state index >= 15 is 0 Å². The number of rotatable bonds is 6. The van der Waals surface area contributed by atoms with Gasteiger partial charge >= 0.3 is 11.9 Å². The Morgan fingerprint density at radius 3 is 2.25 bits per heavy atom. The highest BCUT2D eigenvalue weighted by molar-refractivity contribution is 6.35. The molecule has 0 bridgehead atoms. The van der Waals surface area contributed by atoms with Crippen LogP contribution in [-0.2, 0) is 20.9 Å². The molecule has 0 amide bonds. The maximum atomic E-state index is 12.2. The summed E-state index contributed by atoms with van der Waals surface area (Å²) in [6, 6.07) is 10.6. The van der Waals surface area contributed by atoms with Crippen LogP contribution in [0.1, 0.15) is 23.6 Å². The van der Waals surface area contributed by atoms with Gasteiger partial charge in [-0.25, -0.2) is 4.79 Å². The fourth-order valence-corrected chi connectivity index (χ4v) is 2.69. The fourth-order valence-electron chi connectivity index (χ4n) is 2.23. The van der Waals surface area contributed by atoms with Crippen molar-refractivity contribution in [2.75, 3.05) is 11.9 Å². The topological polar surface area (TPSA) is 102 Å². The summed E-state index contributed by atoms with van der Waals surface area (Å²) in [5.74, 6) is -1.30. The summed E-state index contributed by atoms with van der Waals surface area (Å²) in [5.41, 5.74) is 8.43. The zero-order valence-electron chi connectivity index (χ0n) is 16.0. The van der Waals surface area contributed by atoms with Gasteiger partial charge in [0.1, 0.15) is 12.6 Å². The van der Waals surface area contributed by atoms with Crippen molar-refractivity contribution < 1.29 is 19.4 Å². The number of halogens is 2. The zero-order chi connectivity index (χ0) is 21.3. The number of aliphatic carboxylic acids is 1. The highest BCUT2D eigenvalue weighted by atomic mass is 35.5. The third-order valence-corrected chi connectivity index (χ3v) is 4.34. The standard InChI is InChI=1S/C18H19Cl2NO2.C2H5NO2/c1-11-5-4-6-12(2)17(11)21-13(3)18(22)23-10-14-7-8-15(19)9-16(14)20;3-1-2(4)5/h4-9,13,21H,10H2,1-3H3;1,3H2,(H,4,5)/t13-;/m0./s1. The number of hydrogen-bond donors (Lipinski definition) is 3. The number of para-hydroxylation sites is 1. The van der Waals surface area contributed by atoms with Crippen molar-refractivity contribution in [3.8, 4) is 0 Å². The van der Waals surface area contributed by atoms with Gasteiger partial charge in [-0.15, -0.1) is 0 Å². The highest BCUT2D eigenvalue weighted by Crippen LogP contribution is 2.23. The summed E-state index contributed by atoms with van der Waals surface area (Å²) in [6.45, 7) is 5.62. The number of hydrogen-bond acceptors (Lipinski definition) is 5. The van der Waals surface area contributed by atoms with E-state index in [9.17, 15) is 9.59 Å². The summed E-state index contributed by atoms with van der Waals surface area (Å²) >= 11 is 11.9. The first-order valence-electron chi connectivity index (χ1n) is 8.50. The van der Waals surface area contributed by atoms with E-state index in [1.54, 1.807) is 25.1 Å². The molecular formula is C20H24Cl2N2O4. The van der Waals surface area contributed by atoms with Gasteiger partial charge in [-0.2, -0.15) is 0 Å². The predicted molar refractivity (Wildman–Crippen MR) is 112 cm³/mol. The van der Waals surface area contributed by atoms with Crippen LogP contribution in [-0.4, -0.2) is 29.6 Å². The van der Waals surface area contributed by atoms with Crippen LogP contribution in [0.25, 0.3) is 0 Å². The Kier molecular flexibility index (Phi) is 9.79. The summed E-state index contributed by atoms with van der Waals surface area (Å²) < 4.78 is 5.33. The van der Waals surface area contributed by atoms with Crippen molar-refractivity contribution in [2.45, 2.75) is 33.4 Å². The molecule has 1 atom stereocenters. The van der Waals surface area contributed by atoms with Gasteiger partial charge in [0.15, 0.2) is 0 Å². The summed E-state index contributed by atoms with van der Waals surface area (Å²) in [6.07, 6.45) is 0. The number of carboxylic acid groups (broad SMARTS) is 1. The van der Waals surface area contributed by atoms with Gasteiger partial charge in [0.05, 0.1) is 6.54 Å². The van der Waals surface area contributed by atoms with Crippen LogP contribution in [0, 0.1) is 13.8 Å². The average molecular weight is 427 g/mol. The van der Waals surface area contributed by atoms with Crippen LogP contribution in [0.15, 0.2) is 36.4 Å². The lowest BCUT2D eigenvalue weighted by Gasteiger charge is -2.18. The third kappa shape index (κ3) is 7.76. The lowest BCUT2D eigenvalue weighted by molar-refractivity contribution is -0.145. The molecule has 0 aliphatic carbocycles. The van der Waals surface area contributed by atoms with Crippen LogP contribution in [0.3, 0.4) is 0 Å². The Balaban J connectivity index is 0.000000696. The molecule has 0 unspecified atom stereocenters. The number of benzene rings is 2. The Bertz CT molecular complexity index is 808. The maximum absolute atomic E-state index is 12.2. The molecule has 0 aromatic heterocycles. The first-order valence-corrected chi connectivity index (χ1v) is 9.26. The fraction of sp³-hybridized carbons (Fsp3) is 0.300. The average Bonchev–Trinajstić information content (AvgIpc) is 2.64. The molecule has 0 saturated heterocycles. The molecule has 0 saturated carbocycles. The Morgan fingerprint density at radius 2 is 1.75 bits per heavy atom. The van der Waals surface area contributed by atoms with E-state index in [1.165, 1.54) is 0 Å². The van der Waals surface area contributed by atoms with E-state index in [4.69, 9.17) is 33.0 Å². The van der Waals surface area contributed by atoms with E-state index in [0.29, 0.717) is 10.0 Å². The molecular weight excluding hydrogens is 403 g/mol. The molecule has 0 spiro atoms. The van der Waals surface area contributed by atoms with Crippen LogP contribution in [0.4, 0.5) is 5.69 Å². The number of carbonyl (C=O) groups is 2. The van der Waals surface area contributed by atoms with Crippen molar-refractivity contribution >= 4 is 40.8 Å². The quantitative estimate of drug-likeness (QED) is 0.598. The lowest BCUT2D eigenvalue weighted by atomic mass is 10.1. The Morgan fingerprint density at radius 1 is 1.18 bits per heavy atom. The SMILES string of the molecule is Cc1cccc(C)c1N[C@@H](C)C(=O)OCc1ccc(Cl)cc1Cl.NCC(=O)O. The molecule has 0 aliphatic heterocycles. The molecule has 8 heteroatoms. The molecule has 2 rings (SSSR count). The first-order chi connectivity index (χ1) is 13.1. The van der Waals surface area contributed by atoms with Crippen molar-refractivity contribution in [2.24, 2.45) is 5.73 Å². The van der Waals surface area contributed by atoms with Crippen molar-refractivity contribution in [3.05, 3.63) is 63.1 Å². The van der Waals surface area contributed by atoms with Gasteiger partial charge in [0.25, 0.3) is 0 Å². The predicted octanol–water partition coefficient (Wildman–Crippen LogP) is 4.18. The van der Waals surface area contributed by atoms with E-state index in [-0.39, 0.29) is 19.1 Å². The minimum absolute atomic E-state index is 0.119. The second-order valence-electron chi connectivity index (χ2n) is 6.07. The molecule has 0 heterocycles. The molecule has 0 fully saturated rings. The smallest absolute Gasteiger partial charge is 0.328 e. The van der Waals surface area contributed by atoms with Gasteiger partial charge in [0.2, 0.25) is 0 Å². The summed E-state index contributed by atoms with van der Waals surface area (Å²) in [4.78, 5) is 21.4. The Hall–Kier alpha value is -2.28. The van der Waals surface area contributed by atoms with E-state index in [2.05, 4.69) is 11.1 Å². The van der Waals surface area contributed by atoms with Crippen LogP contribution in [0.5, 0.6) is 0 Å². The number of aryl methyl sites for hydroxylation is 2. The molecule has 2 aromatic carbocycles. The maximum Gasteiger partial charge on any atom is 0.328 e. The number of ether oxygens (including phenoxy) is 1. The normalized spacial score (nSPS) is 11.1. The molecule has 6 nitrogen and oxygen atoms in total. The third-order valence-electron chi connectivity index (χ3n) is 3.76. The number of esters is 1. The van der Waals surface area contributed by atoms with Crippen LogP contribution in [0.2, 0.25) is 10.0 Å². The number of carbonyl (C=O) groups excluding carboxylic acids is 1. The van der Waals surface area contributed by atoms with Gasteiger partial charge in [0, 0.05) is 21.3 Å². The van der Waals surface area contributed by atoms with Crippen molar-refractivity contribution in [1.82, 2.24) is 0 Å². The van der Waals surface area contributed by atoms with Crippen LogP contribution >= 0.6 is 23.2 Å².